The van der Waals surface area contributed by atoms with E-state index in [-0.39, 0.29) is 18.2 Å². The summed E-state index contributed by atoms with van der Waals surface area (Å²) >= 11 is 0. The molecule has 21 heavy (non-hydrogen) atoms. The van der Waals surface area contributed by atoms with Crippen LogP contribution < -0.4 is 0 Å². The molecule has 0 fully saturated rings. The fourth-order valence-electron chi connectivity index (χ4n) is 2.58. The highest BCUT2D eigenvalue weighted by molar-refractivity contribution is 6.08. The lowest BCUT2D eigenvalue weighted by Gasteiger charge is -2.13. The summed E-state index contributed by atoms with van der Waals surface area (Å²) < 4.78 is 5.51. The lowest BCUT2D eigenvalue weighted by molar-refractivity contribution is -0.115. The van der Waals surface area contributed by atoms with Crippen LogP contribution in [0.2, 0.25) is 0 Å². The summed E-state index contributed by atoms with van der Waals surface area (Å²) in [5.41, 5.74) is 0.663. The van der Waals surface area contributed by atoms with Crippen molar-refractivity contribution in [1.82, 2.24) is 0 Å². The van der Waals surface area contributed by atoms with Gasteiger partial charge in [-0.05, 0) is 17.2 Å². The maximum absolute atomic E-state index is 12.3. The summed E-state index contributed by atoms with van der Waals surface area (Å²) in [4.78, 5) is 23.7. The van der Waals surface area contributed by atoms with Crippen molar-refractivity contribution in [2.75, 3.05) is 6.61 Å². The topological polar surface area (TPSA) is 43.4 Å². The molecule has 1 aliphatic rings. The first-order chi connectivity index (χ1) is 10.2. The fraction of sp³-hybridized carbons (Fsp3) is 0.222. The molecule has 0 amide bonds. The van der Waals surface area contributed by atoms with Gasteiger partial charge in [0, 0.05) is 24.5 Å². The third kappa shape index (κ3) is 3.02. The van der Waals surface area contributed by atoms with Crippen molar-refractivity contribution in [3.63, 3.8) is 0 Å². The van der Waals surface area contributed by atoms with Crippen LogP contribution in [0, 0.1) is 0 Å². The highest BCUT2D eigenvalue weighted by atomic mass is 16.5. The van der Waals surface area contributed by atoms with Crippen LogP contribution in [0.25, 0.3) is 10.8 Å². The zero-order chi connectivity index (χ0) is 14.7. The number of ether oxygens (including phenoxy) is 1. The fourth-order valence-corrected chi connectivity index (χ4v) is 2.58. The van der Waals surface area contributed by atoms with Gasteiger partial charge >= 0.3 is 0 Å². The molecular formula is C18H16O3. The average Bonchev–Trinajstić information content (AvgIpc) is 2.52. The monoisotopic (exact) mass is 280 g/mol. The van der Waals surface area contributed by atoms with E-state index in [1.807, 2.05) is 42.5 Å². The number of carbonyl (C=O) groups excluding carboxylic acids is 2. The molecule has 1 aliphatic carbocycles. The second-order valence-electron chi connectivity index (χ2n) is 5.17. The molecule has 0 aromatic heterocycles. The Morgan fingerprint density at radius 3 is 2.71 bits per heavy atom. The van der Waals surface area contributed by atoms with Crippen LogP contribution in [0.15, 0.2) is 54.3 Å². The number of Topliss-reactive ketones (excluding diaryl/α,β-unsaturated/α-hetero) is 1. The Labute approximate surface area is 123 Å². The maximum Gasteiger partial charge on any atom is 0.200 e. The van der Waals surface area contributed by atoms with Gasteiger partial charge in [0.1, 0.15) is 5.76 Å². The second-order valence-corrected chi connectivity index (χ2v) is 5.17. The van der Waals surface area contributed by atoms with Gasteiger partial charge in [-0.3, -0.25) is 9.59 Å². The highest BCUT2D eigenvalue weighted by Crippen LogP contribution is 2.20. The van der Waals surface area contributed by atoms with Crippen molar-refractivity contribution in [3.8, 4) is 0 Å². The van der Waals surface area contributed by atoms with E-state index in [1.54, 1.807) is 0 Å². The molecule has 3 rings (SSSR count). The van der Waals surface area contributed by atoms with Gasteiger partial charge in [0.15, 0.2) is 12.4 Å². The molecule has 2 aromatic carbocycles. The molecule has 3 heteroatoms. The molecule has 106 valence electrons. The minimum atomic E-state index is -0.0641. The summed E-state index contributed by atoms with van der Waals surface area (Å²) in [5, 5.41) is 1.97. The van der Waals surface area contributed by atoms with E-state index >= 15 is 0 Å². The molecule has 0 bridgehead atoms. The number of hydrogen-bond donors (Lipinski definition) is 0. The largest absolute Gasteiger partial charge is 0.490 e. The van der Waals surface area contributed by atoms with Crippen molar-refractivity contribution >= 4 is 22.3 Å². The molecule has 0 heterocycles. The number of rotatable bonds is 4. The van der Waals surface area contributed by atoms with Gasteiger partial charge in [-0.15, -0.1) is 0 Å². The van der Waals surface area contributed by atoms with Gasteiger partial charge in [0.05, 0.1) is 0 Å². The Balaban J connectivity index is 1.77. The number of benzene rings is 2. The molecule has 2 aromatic rings. The van der Waals surface area contributed by atoms with Crippen LogP contribution in [-0.2, 0) is 9.53 Å². The highest BCUT2D eigenvalue weighted by Gasteiger charge is 2.14. The van der Waals surface area contributed by atoms with Crippen molar-refractivity contribution in [2.24, 2.45) is 0 Å². The van der Waals surface area contributed by atoms with Crippen LogP contribution in [0.1, 0.15) is 29.6 Å². The molecule has 3 nitrogen and oxygen atoms in total. The predicted molar refractivity (Wildman–Crippen MR) is 81.2 cm³/mol. The first kappa shape index (κ1) is 13.6. The summed E-state index contributed by atoms with van der Waals surface area (Å²) in [7, 11) is 0. The van der Waals surface area contributed by atoms with E-state index in [9.17, 15) is 9.59 Å². The Kier molecular flexibility index (Phi) is 3.82. The Morgan fingerprint density at radius 1 is 1.05 bits per heavy atom. The maximum atomic E-state index is 12.3. The lowest BCUT2D eigenvalue weighted by Crippen LogP contribution is -2.12. The van der Waals surface area contributed by atoms with Crippen LogP contribution in [0.3, 0.4) is 0 Å². The van der Waals surface area contributed by atoms with Crippen LogP contribution in [0.5, 0.6) is 0 Å². The van der Waals surface area contributed by atoms with E-state index in [4.69, 9.17) is 4.74 Å². The molecule has 0 aliphatic heterocycles. The Bertz CT molecular complexity index is 723. The lowest BCUT2D eigenvalue weighted by atomic mass is 10.0. The third-order valence-corrected chi connectivity index (χ3v) is 3.65. The number of carbonyl (C=O) groups is 2. The molecule has 0 radical (unpaired) electrons. The zero-order valence-electron chi connectivity index (χ0n) is 11.7. The van der Waals surface area contributed by atoms with E-state index in [1.165, 1.54) is 6.08 Å². The number of hydrogen-bond acceptors (Lipinski definition) is 3. The van der Waals surface area contributed by atoms with E-state index in [0.29, 0.717) is 17.7 Å². The minimum Gasteiger partial charge on any atom is -0.490 e. The molecule has 0 N–H and O–H groups in total. The summed E-state index contributed by atoms with van der Waals surface area (Å²) in [5.74, 6) is 0.638. The average molecular weight is 280 g/mol. The van der Waals surface area contributed by atoms with Gasteiger partial charge in [-0.25, -0.2) is 0 Å². The first-order valence-corrected chi connectivity index (χ1v) is 7.11. The predicted octanol–water partition coefficient (Wildman–Crippen LogP) is 3.68. The van der Waals surface area contributed by atoms with E-state index < -0.39 is 0 Å². The third-order valence-electron chi connectivity index (χ3n) is 3.65. The summed E-state index contributed by atoms with van der Waals surface area (Å²) in [6.45, 7) is -0.0207. The van der Waals surface area contributed by atoms with Crippen molar-refractivity contribution in [2.45, 2.75) is 19.3 Å². The van der Waals surface area contributed by atoms with Gasteiger partial charge in [-0.1, -0.05) is 42.5 Å². The molecule has 0 spiro atoms. The SMILES string of the molecule is O=C1C=C(OCC(=O)c2cccc3ccccc23)CCC1. The molecule has 0 unspecified atom stereocenters. The Hall–Kier alpha value is -2.42. The molecule has 0 saturated carbocycles. The summed E-state index contributed by atoms with van der Waals surface area (Å²) in [6, 6.07) is 13.5. The van der Waals surface area contributed by atoms with Crippen LogP contribution in [0.4, 0.5) is 0 Å². The van der Waals surface area contributed by atoms with Gasteiger partial charge in [-0.2, -0.15) is 0 Å². The van der Waals surface area contributed by atoms with Gasteiger partial charge in [0.25, 0.3) is 0 Å². The standard InChI is InChI=1S/C18H16O3/c19-14-7-4-8-15(11-14)21-12-18(20)17-10-3-6-13-5-1-2-9-16(13)17/h1-3,5-6,9-11H,4,7-8,12H2. The first-order valence-electron chi connectivity index (χ1n) is 7.11. The molecule has 0 saturated heterocycles. The molecule has 0 atom stereocenters. The van der Waals surface area contributed by atoms with Crippen molar-refractivity contribution in [1.29, 1.82) is 0 Å². The van der Waals surface area contributed by atoms with Gasteiger partial charge in [0.2, 0.25) is 5.78 Å². The number of allylic oxidation sites excluding steroid dienone is 2. The zero-order valence-corrected chi connectivity index (χ0v) is 11.7. The van der Waals surface area contributed by atoms with Gasteiger partial charge < -0.3 is 4.74 Å². The van der Waals surface area contributed by atoms with Crippen molar-refractivity contribution in [3.05, 3.63) is 59.9 Å². The quantitative estimate of drug-likeness (QED) is 0.802. The van der Waals surface area contributed by atoms with Crippen molar-refractivity contribution < 1.29 is 14.3 Å². The summed E-state index contributed by atoms with van der Waals surface area (Å²) in [6.07, 6.45) is 3.62. The van der Waals surface area contributed by atoms with E-state index in [0.717, 1.165) is 23.6 Å². The van der Waals surface area contributed by atoms with E-state index in [2.05, 4.69) is 0 Å². The Morgan fingerprint density at radius 2 is 1.86 bits per heavy atom. The number of ketones is 2. The van der Waals surface area contributed by atoms with Crippen LogP contribution in [-0.4, -0.2) is 18.2 Å². The normalized spacial score (nSPS) is 14.9. The minimum absolute atomic E-state index is 0.0207. The van der Waals surface area contributed by atoms with Crippen LogP contribution >= 0.6 is 0 Å². The molecular weight excluding hydrogens is 264 g/mol. The number of fused-ring (bicyclic) bond motifs is 1. The second kappa shape index (κ2) is 5.92. The smallest absolute Gasteiger partial charge is 0.200 e.